The molecule has 102 valence electrons. The summed E-state index contributed by atoms with van der Waals surface area (Å²) in [5.41, 5.74) is -0.174. The Bertz CT molecular complexity index is 376. The Morgan fingerprint density at radius 3 is 2.44 bits per heavy atom. The van der Waals surface area contributed by atoms with Crippen LogP contribution in [-0.2, 0) is 6.54 Å². The molecule has 0 saturated carbocycles. The summed E-state index contributed by atoms with van der Waals surface area (Å²) in [7, 11) is 1.80. The monoisotopic (exact) mass is 275 g/mol. The van der Waals surface area contributed by atoms with E-state index in [1.165, 1.54) is 6.07 Å². The highest BCUT2D eigenvalue weighted by Gasteiger charge is 2.25. The number of nitrogens with zero attached hydrogens (tertiary/aromatic N) is 1. The molecule has 1 aromatic rings. The summed E-state index contributed by atoms with van der Waals surface area (Å²) in [5.74, 6) is -0.343. The molecule has 1 aromatic carbocycles. The SMILES string of the molecule is CN(Cc1c(F)cccc1Cl)CC(C)(CO)CO. The van der Waals surface area contributed by atoms with E-state index in [0.29, 0.717) is 23.7 Å². The Kier molecular flexibility index (Phi) is 5.53. The molecule has 0 spiro atoms. The molecule has 0 heterocycles. The van der Waals surface area contributed by atoms with Crippen LogP contribution < -0.4 is 0 Å². The fourth-order valence-electron chi connectivity index (χ4n) is 1.81. The Balaban J connectivity index is 2.73. The molecule has 0 aliphatic rings. The largest absolute Gasteiger partial charge is 0.396 e. The lowest BCUT2D eigenvalue weighted by molar-refractivity contribution is 0.0400. The van der Waals surface area contributed by atoms with Gasteiger partial charge in [-0.3, -0.25) is 0 Å². The van der Waals surface area contributed by atoms with E-state index >= 15 is 0 Å². The van der Waals surface area contributed by atoms with Crippen molar-refractivity contribution in [2.45, 2.75) is 13.5 Å². The minimum absolute atomic E-state index is 0.126. The van der Waals surface area contributed by atoms with Crippen LogP contribution in [0.2, 0.25) is 5.02 Å². The number of aliphatic hydroxyl groups excluding tert-OH is 2. The van der Waals surface area contributed by atoms with Gasteiger partial charge in [0.1, 0.15) is 5.82 Å². The summed E-state index contributed by atoms with van der Waals surface area (Å²) < 4.78 is 13.6. The normalized spacial score (nSPS) is 12.2. The smallest absolute Gasteiger partial charge is 0.129 e. The summed E-state index contributed by atoms with van der Waals surface area (Å²) >= 11 is 5.95. The van der Waals surface area contributed by atoms with E-state index in [1.807, 2.05) is 4.90 Å². The first kappa shape index (κ1) is 15.4. The maximum Gasteiger partial charge on any atom is 0.129 e. The molecule has 0 aliphatic carbocycles. The van der Waals surface area contributed by atoms with Gasteiger partial charge in [0.2, 0.25) is 0 Å². The van der Waals surface area contributed by atoms with Gasteiger partial charge >= 0.3 is 0 Å². The summed E-state index contributed by atoms with van der Waals surface area (Å²) in [4.78, 5) is 1.83. The van der Waals surface area contributed by atoms with E-state index in [9.17, 15) is 14.6 Å². The lowest BCUT2D eigenvalue weighted by Crippen LogP contribution is -2.38. The molecule has 2 N–H and O–H groups in total. The van der Waals surface area contributed by atoms with Gasteiger partial charge in [0.05, 0.1) is 13.2 Å². The molecule has 0 aromatic heterocycles. The molecule has 0 amide bonds. The molecule has 0 bridgehead atoms. The minimum Gasteiger partial charge on any atom is -0.396 e. The van der Waals surface area contributed by atoms with Crippen LogP contribution in [0.4, 0.5) is 4.39 Å². The Labute approximate surface area is 112 Å². The quantitative estimate of drug-likeness (QED) is 0.833. The van der Waals surface area contributed by atoms with Gasteiger partial charge in [0.15, 0.2) is 0 Å². The second kappa shape index (κ2) is 6.48. The van der Waals surface area contributed by atoms with Gasteiger partial charge in [-0.15, -0.1) is 0 Å². The van der Waals surface area contributed by atoms with Gasteiger partial charge in [0, 0.05) is 29.1 Å². The van der Waals surface area contributed by atoms with E-state index in [2.05, 4.69) is 0 Å². The molecule has 5 heteroatoms. The van der Waals surface area contributed by atoms with Crippen molar-refractivity contribution in [1.29, 1.82) is 0 Å². The molecule has 0 saturated heterocycles. The summed E-state index contributed by atoms with van der Waals surface area (Å²) in [5, 5.41) is 18.8. The first-order valence-corrected chi connectivity index (χ1v) is 6.13. The maximum atomic E-state index is 13.6. The average Bonchev–Trinajstić information content (AvgIpc) is 2.34. The van der Waals surface area contributed by atoms with Crippen LogP contribution in [0.3, 0.4) is 0 Å². The second-order valence-corrected chi connectivity index (χ2v) is 5.41. The van der Waals surface area contributed by atoms with Crippen LogP contribution in [0.1, 0.15) is 12.5 Å². The zero-order valence-corrected chi connectivity index (χ0v) is 11.4. The third kappa shape index (κ3) is 3.92. The molecular formula is C13H19ClFNO2. The van der Waals surface area contributed by atoms with Gasteiger partial charge in [-0.25, -0.2) is 4.39 Å². The third-order valence-corrected chi connectivity index (χ3v) is 3.26. The van der Waals surface area contributed by atoms with Crippen LogP contribution in [0.25, 0.3) is 0 Å². The van der Waals surface area contributed by atoms with Crippen LogP contribution in [0.5, 0.6) is 0 Å². The first-order valence-electron chi connectivity index (χ1n) is 5.75. The highest BCUT2D eigenvalue weighted by Crippen LogP contribution is 2.22. The third-order valence-electron chi connectivity index (χ3n) is 2.90. The summed E-state index contributed by atoms with van der Waals surface area (Å²) in [6.07, 6.45) is 0. The number of rotatable bonds is 6. The summed E-state index contributed by atoms with van der Waals surface area (Å²) in [6, 6.07) is 4.57. The lowest BCUT2D eigenvalue weighted by atomic mass is 9.92. The van der Waals surface area contributed by atoms with Crippen molar-refractivity contribution in [3.8, 4) is 0 Å². The number of aliphatic hydroxyl groups is 2. The van der Waals surface area contributed by atoms with Gasteiger partial charge in [-0.1, -0.05) is 24.6 Å². The van der Waals surface area contributed by atoms with Gasteiger partial charge in [0.25, 0.3) is 0 Å². The van der Waals surface area contributed by atoms with Crippen molar-refractivity contribution in [3.63, 3.8) is 0 Å². The number of halogens is 2. The maximum absolute atomic E-state index is 13.6. The van der Waals surface area contributed by atoms with Gasteiger partial charge in [-0.05, 0) is 19.2 Å². The molecule has 0 aliphatic heterocycles. The first-order chi connectivity index (χ1) is 8.41. The van der Waals surface area contributed by atoms with Crippen LogP contribution in [-0.4, -0.2) is 41.9 Å². The average molecular weight is 276 g/mol. The Morgan fingerprint density at radius 1 is 1.33 bits per heavy atom. The molecule has 1 rings (SSSR count). The van der Waals surface area contributed by atoms with Gasteiger partial charge in [-0.2, -0.15) is 0 Å². The van der Waals surface area contributed by atoms with Crippen molar-refractivity contribution in [1.82, 2.24) is 4.90 Å². The van der Waals surface area contributed by atoms with E-state index in [1.54, 1.807) is 26.1 Å². The predicted octanol–water partition coefficient (Wildman–Crippen LogP) is 1.90. The van der Waals surface area contributed by atoms with Crippen LogP contribution in [0, 0.1) is 11.2 Å². The molecule has 18 heavy (non-hydrogen) atoms. The number of hydrogen-bond acceptors (Lipinski definition) is 3. The topological polar surface area (TPSA) is 43.7 Å². The van der Waals surface area contributed by atoms with Crippen molar-refractivity contribution < 1.29 is 14.6 Å². The van der Waals surface area contributed by atoms with Crippen LogP contribution >= 0.6 is 11.6 Å². The van der Waals surface area contributed by atoms with Crippen molar-refractivity contribution in [2.75, 3.05) is 26.8 Å². The Morgan fingerprint density at radius 2 is 1.94 bits per heavy atom. The van der Waals surface area contributed by atoms with Crippen molar-refractivity contribution in [2.24, 2.45) is 5.41 Å². The Hall–Kier alpha value is -0.680. The van der Waals surface area contributed by atoms with Crippen molar-refractivity contribution in [3.05, 3.63) is 34.6 Å². The number of hydrogen-bond donors (Lipinski definition) is 2. The zero-order valence-electron chi connectivity index (χ0n) is 10.7. The second-order valence-electron chi connectivity index (χ2n) is 5.00. The van der Waals surface area contributed by atoms with E-state index in [0.717, 1.165) is 0 Å². The molecule has 0 unspecified atom stereocenters. The lowest BCUT2D eigenvalue weighted by Gasteiger charge is -2.30. The van der Waals surface area contributed by atoms with Crippen LogP contribution in [0.15, 0.2) is 18.2 Å². The fourth-order valence-corrected chi connectivity index (χ4v) is 2.03. The standard InChI is InChI=1S/C13H19ClFNO2/c1-13(8-17,9-18)7-16(2)6-10-11(14)4-3-5-12(10)15/h3-5,17-18H,6-9H2,1-2H3. The van der Waals surface area contributed by atoms with E-state index in [-0.39, 0.29) is 19.0 Å². The van der Waals surface area contributed by atoms with Crippen molar-refractivity contribution >= 4 is 11.6 Å². The minimum atomic E-state index is -0.605. The number of benzene rings is 1. The van der Waals surface area contributed by atoms with Gasteiger partial charge < -0.3 is 15.1 Å². The molecule has 3 nitrogen and oxygen atoms in total. The molecular weight excluding hydrogens is 257 g/mol. The summed E-state index contributed by atoms with van der Waals surface area (Å²) in [6.45, 7) is 2.30. The fraction of sp³-hybridized carbons (Fsp3) is 0.538. The molecule has 0 atom stereocenters. The molecule has 0 radical (unpaired) electrons. The zero-order chi connectivity index (χ0) is 13.8. The predicted molar refractivity (Wildman–Crippen MR) is 70.0 cm³/mol. The van der Waals surface area contributed by atoms with E-state index in [4.69, 9.17) is 11.6 Å². The highest BCUT2D eigenvalue weighted by molar-refractivity contribution is 6.31. The highest BCUT2D eigenvalue weighted by atomic mass is 35.5. The molecule has 0 fully saturated rings. The van der Waals surface area contributed by atoms with E-state index < -0.39 is 5.41 Å².